The van der Waals surface area contributed by atoms with E-state index in [-0.39, 0.29) is 12.1 Å². The van der Waals surface area contributed by atoms with Crippen LogP contribution in [-0.4, -0.2) is 42.2 Å². The summed E-state index contributed by atoms with van der Waals surface area (Å²) in [5.41, 5.74) is 7.80. The highest BCUT2D eigenvalue weighted by atomic mass is 19.4. The molecule has 1 atom stereocenters. The van der Waals surface area contributed by atoms with Crippen LogP contribution >= 0.6 is 0 Å². The molecule has 7 nitrogen and oxygen atoms in total. The summed E-state index contributed by atoms with van der Waals surface area (Å²) in [6.45, 7) is -0.789. The monoisotopic (exact) mass is 447 g/mol. The zero-order valence-electron chi connectivity index (χ0n) is 16.4. The van der Waals surface area contributed by atoms with Crippen molar-refractivity contribution >= 4 is 11.6 Å². The van der Waals surface area contributed by atoms with Crippen molar-refractivity contribution < 1.29 is 27.5 Å². The van der Waals surface area contributed by atoms with Gasteiger partial charge in [-0.1, -0.05) is 0 Å². The highest BCUT2D eigenvalue weighted by Crippen LogP contribution is 2.33. The predicted molar refractivity (Wildman–Crippen MR) is 107 cm³/mol. The van der Waals surface area contributed by atoms with Crippen LogP contribution in [0.2, 0.25) is 0 Å². The number of carbonyl (C=O) groups excluding carboxylic acids is 1. The Bertz CT molecular complexity index is 1280. The third kappa shape index (κ3) is 4.19. The number of fused-ring (bicyclic) bond motifs is 1. The summed E-state index contributed by atoms with van der Waals surface area (Å²) in [6.07, 6.45) is -3.25. The van der Waals surface area contributed by atoms with Crippen molar-refractivity contribution in [2.24, 2.45) is 5.73 Å². The van der Waals surface area contributed by atoms with Gasteiger partial charge in [0.1, 0.15) is 11.5 Å². The molecule has 0 aliphatic carbocycles. The normalized spacial score (nSPS) is 12.9. The molecule has 166 valence electrons. The molecule has 3 N–H and O–H groups in total. The second-order valence-electron chi connectivity index (χ2n) is 7.20. The molecule has 0 aliphatic heterocycles. The first kappa shape index (κ1) is 21.5. The molecule has 0 fully saturated rings. The number of benzene rings is 1. The highest BCUT2D eigenvalue weighted by molar-refractivity contribution is 5.79. The van der Waals surface area contributed by atoms with E-state index in [1.807, 2.05) is 0 Å². The van der Waals surface area contributed by atoms with E-state index in [9.17, 15) is 27.5 Å². The number of pyridine rings is 1. The molecule has 3 heterocycles. The van der Waals surface area contributed by atoms with Crippen LogP contribution in [0.25, 0.3) is 28.2 Å². The summed E-state index contributed by atoms with van der Waals surface area (Å²) in [6, 6.07) is 8.61. The Kier molecular flexibility index (Phi) is 5.43. The fourth-order valence-electron chi connectivity index (χ4n) is 3.41. The molecule has 3 aromatic heterocycles. The summed E-state index contributed by atoms with van der Waals surface area (Å²) in [5, 5.41) is 9.62. The topological polar surface area (TPSA) is 98.4 Å². The largest absolute Gasteiger partial charge is 0.416 e. The van der Waals surface area contributed by atoms with Gasteiger partial charge in [0.15, 0.2) is 6.10 Å². The summed E-state index contributed by atoms with van der Waals surface area (Å²) in [7, 11) is 0. The van der Waals surface area contributed by atoms with E-state index in [2.05, 4.69) is 9.97 Å². The minimum absolute atomic E-state index is 0.0819. The Morgan fingerprint density at radius 2 is 1.78 bits per heavy atom. The maximum Gasteiger partial charge on any atom is 0.416 e. The average molecular weight is 447 g/mol. The Morgan fingerprint density at radius 3 is 2.44 bits per heavy atom. The summed E-state index contributed by atoms with van der Waals surface area (Å²) in [5.74, 6) is -1.04. The molecule has 0 spiro atoms. The first-order chi connectivity index (χ1) is 15.1. The van der Waals surface area contributed by atoms with Gasteiger partial charge in [-0.15, -0.1) is 0 Å². The molecular formula is C21H17F4N5O2. The summed E-state index contributed by atoms with van der Waals surface area (Å²) in [4.78, 5) is 19.8. The third-order valence-electron chi connectivity index (χ3n) is 4.91. The average Bonchev–Trinajstić information content (AvgIpc) is 3.31. The van der Waals surface area contributed by atoms with Crippen LogP contribution in [0, 0.1) is 5.82 Å². The molecule has 1 amide bonds. The highest BCUT2D eigenvalue weighted by Gasteiger charge is 2.39. The second-order valence-corrected chi connectivity index (χ2v) is 7.20. The number of aliphatic hydroxyl groups is 1. The van der Waals surface area contributed by atoms with Gasteiger partial charge in [-0.05, 0) is 36.4 Å². The van der Waals surface area contributed by atoms with Crippen molar-refractivity contribution in [3.05, 3.63) is 66.6 Å². The number of nitrogens with zero attached hydrogens (tertiary/aromatic N) is 4. The first-order valence-corrected chi connectivity index (χ1v) is 9.44. The van der Waals surface area contributed by atoms with Gasteiger partial charge in [0.2, 0.25) is 5.91 Å². The van der Waals surface area contributed by atoms with Gasteiger partial charge < -0.3 is 19.8 Å². The van der Waals surface area contributed by atoms with Gasteiger partial charge in [0.25, 0.3) is 0 Å². The minimum Gasteiger partial charge on any atom is -0.382 e. The number of hydrogen-bond donors (Lipinski definition) is 2. The lowest BCUT2D eigenvalue weighted by Gasteiger charge is -2.17. The van der Waals surface area contributed by atoms with E-state index < -0.39 is 30.5 Å². The molecule has 4 rings (SSSR count). The lowest BCUT2D eigenvalue weighted by molar-refractivity contribution is -0.207. The Balaban J connectivity index is 1.87. The molecule has 1 aromatic carbocycles. The lowest BCUT2D eigenvalue weighted by Crippen LogP contribution is -2.32. The molecule has 4 aromatic rings. The van der Waals surface area contributed by atoms with Crippen LogP contribution in [0.4, 0.5) is 17.6 Å². The predicted octanol–water partition coefficient (Wildman–Crippen LogP) is 2.95. The van der Waals surface area contributed by atoms with Crippen LogP contribution < -0.4 is 5.73 Å². The molecule has 0 bridgehead atoms. The van der Waals surface area contributed by atoms with Crippen LogP contribution in [0.5, 0.6) is 0 Å². The number of aliphatic hydroxyl groups excluding tert-OH is 1. The van der Waals surface area contributed by atoms with Crippen molar-refractivity contribution in [3.63, 3.8) is 0 Å². The van der Waals surface area contributed by atoms with Crippen molar-refractivity contribution in [1.29, 1.82) is 0 Å². The molecule has 0 saturated heterocycles. The number of imidazole rings is 2. The van der Waals surface area contributed by atoms with Gasteiger partial charge in [0, 0.05) is 23.5 Å². The smallest absolute Gasteiger partial charge is 0.382 e. The van der Waals surface area contributed by atoms with Crippen molar-refractivity contribution in [1.82, 2.24) is 18.9 Å². The maximum absolute atomic E-state index is 13.4. The minimum atomic E-state index is -4.82. The fraction of sp³-hybridized carbons (Fsp3) is 0.190. The number of amides is 1. The number of aromatic nitrogens is 4. The van der Waals surface area contributed by atoms with Gasteiger partial charge in [-0.3, -0.25) is 4.79 Å². The Morgan fingerprint density at radius 1 is 1.09 bits per heavy atom. The van der Waals surface area contributed by atoms with E-state index >= 15 is 0 Å². The SMILES string of the molecule is NC(=O)Cc1cnc2ccc(-c3c(-c4ccc(F)cc4)ncn3CC(O)C(F)(F)F)cn12. The molecular weight excluding hydrogens is 430 g/mol. The van der Waals surface area contributed by atoms with E-state index in [1.54, 1.807) is 22.7 Å². The number of alkyl halides is 3. The standard InChI is InChI=1S/C21H17F4N5O2/c22-14-4-1-12(2-5-14)19-20(29(11-28-19)10-16(31)21(23,24)25)13-3-6-18-27-8-15(7-17(26)32)30(18)9-13/h1-6,8-9,11,16,31H,7,10H2,(H2,26,32). The Labute approximate surface area is 178 Å². The number of primary amides is 1. The number of halogens is 4. The van der Waals surface area contributed by atoms with Gasteiger partial charge in [0.05, 0.1) is 36.4 Å². The quantitative estimate of drug-likeness (QED) is 0.444. The number of nitrogens with two attached hydrogens (primary N) is 1. The van der Waals surface area contributed by atoms with Gasteiger partial charge in [-0.2, -0.15) is 13.2 Å². The lowest BCUT2D eigenvalue weighted by atomic mass is 10.1. The van der Waals surface area contributed by atoms with Crippen LogP contribution in [0.15, 0.2) is 55.1 Å². The number of hydrogen-bond acceptors (Lipinski definition) is 4. The van der Waals surface area contributed by atoms with E-state index in [1.165, 1.54) is 41.4 Å². The molecule has 32 heavy (non-hydrogen) atoms. The summed E-state index contributed by atoms with van der Waals surface area (Å²) >= 11 is 0. The van der Waals surface area contributed by atoms with E-state index in [4.69, 9.17) is 5.73 Å². The fourth-order valence-corrected chi connectivity index (χ4v) is 3.41. The van der Waals surface area contributed by atoms with Gasteiger partial charge in [-0.25, -0.2) is 14.4 Å². The van der Waals surface area contributed by atoms with E-state index in [0.717, 1.165) is 0 Å². The zero-order valence-corrected chi connectivity index (χ0v) is 16.4. The van der Waals surface area contributed by atoms with Crippen molar-refractivity contribution in [3.8, 4) is 22.5 Å². The summed E-state index contributed by atoms with van der Waals surface area (Å²) < 4.78 is 55.2. The second kappa shape index (κ2) is 8.08. The van der Waals surface area contributed by atoms with E-state index in [0.29, 0.717) is 28.2 Å². The molecule has 0 radical (unpaired) electrons. The maximum atomic E-state index is 13.4. The number of carbonyl (C=O) groups is 1. The van der Waals surface area contributed by atoms with Gasteiger partial charge >= 0.3 is 6.18 Å². The van der Waals surface area contributed by atoms with Crippen LogP contribution in [-0.2, 0) is 17.8 Å². The zero-order chi connectivity index (χ0) is 23.0. The molecule has 1 unspecified atom stereocenters. The molecule has 11 heteroatoms. The molecule has 0 aliphatic rings. The number of rotatable bonds is 6. The van der Waals surface area contributed by atoms with Crippen LogP contribution in [0.1, 0.15) is 5.69 Å². The molecule has 0 saturated carbocycles. The Hall–Kier alpha value is -3.73. The van der Waals surface area contributed by atoms with Crippen molar-refractivity contribution in [2.75, 3.05) is 0 Å². The van der Waals surface area contributed by atoms with Crippen molar-refractivity contribution in [2.45, 2.75) is 25.2 Å². The first-order valence-electron chi connectivity index (χ1n) is 9.44. The third-order valence-corrected chi connectivity index (χ3v) is 4.91. The van der Waals surface area contributed by atoms with Crippen LogP contribution in [0.3, 0.4) is 0 Å².